The number of aromatic nitrogens is 2. The summed E-state index contributed by atoms with van der Waals surface area (Å²) < 4.78 is 29.4. The minimum atomic E-state index is -3.62. The van der Waals surface area contributed by atoms with E-state index in [1.165, 1.54) is 23.9 Å². The SMILES string of the molecule is Cc1nn(C)c(Cl)c1S(=O)(=O)N[C@@H](C)[C@@H]1C[C@H]2CC[C@H]1C2. The highest BCUT2D eigenvalue weighted by molar-refractivity contribution is 7.89. The summed E-state index contributed by atoms with van der Waals surface area (Å²) in [7, 11) is -1.97. The van der Waals surface area contributed by atoms with Gasteiger partial charge in [0.15, 0.2) is 0 Å². The van der Waals surface area contributed by atoms with E-state index in [4.69, 9.17) is 11.6 Å². The van der Waals surface area contributed by atoms with Crippen LogP contribution < -0.4 is 4.72 Å². The van der Waals surface area contributed by atoms with Crippen LogP contribution in [-0.2, 0) is 17.1 Å². The van der Waals surface area contributed by atoms with E-state index in [1.54, 1.807) is 14.0 Å². The maximum atomic E-state index is 12.6. The fourth-order valence-electron chi connectivity index (χ4n) is 4.21. The number of fused-ring (bicyclic) bond motifs is 2. The van der Waals surface area contributed by atoms with Gasteiger partial charge in [0.2, 0.25) is 10.0 Å². The van der Waals surface area contributed by atoms with Crippen molar-refractivity contribution in [2.45, 2.75) is 50.5 Å². The quantitative estimate of drug-likeness (QED) is 0.921. The van der Waals surface area contributed by atoms with Crippen molar-refractivity contribution >= 4 is 21.6 Å². The number of rotatable bonds is 4. The van der Waals surface area contributed by atoms with Crippen molar-refractivity contribution in [2.75, 3.05) is 0 Å². The predicted molar refractivity (Wildman–Crippen MR) is 81.7 cm³/mol. The Kier molecular flexibility index (Phi) is 3.83. The molecule has 1 aromatic rings. The lowest BCUT2D eigenvalue weighted by atomic mass is 9.84. The Hall–Kier alpha value is -0.590. The molecule has 21 heavy (non-hydrogen) atoms. The third-order valence-corrected chi connectivity index (χ3v) is 7.40. The molecule has 0 aliphatic heterocycles. The summed E-state index contributed by atoms with van der Waals surface area (Å²) in [4.78, 5) is 0.113. The summed E-state index contributed by atoms with van der Waals surface area (Å²) in [5.74, 6) is 1.93. The molecule has 5 nitrogen and oxygen atoms in total. The van der Waals surface area contributed by atoms with Crippen molar-refractivity contribution in [2.24, 2.45) is 24.8 Å². The number of halogens is 1. The Balaban J connectivity index is 1.80. The highest BCUT2D eigenvalue weighted by Crippen LogP contribution is 2.49. The summed E-state index contributed by atoms with van der Waals surface area (Å²) in [5.41, 5.74) is 0.440. The zero-order valence-electron chi connectivity index (χ0n) is 12.6. The Labute approximate surface area is 131 Å². The van der Waals surface area contributed by atoms with Crippen LogP contribution >= 0.6 is 11.6 Å². The molecule has 0 aromatic carbocycles. The van der Waals surface area contributed by atoms with Crippen molar-refractivity contribution in [1.29, 1.82) is 0 Å². The van der Waals surface area contributed by atoms with Crippen LogP contribution in [0.1, 0.15) is 38.3 Å². The molecule has 3 rings (SSSR count). The summed E-state index contributed by atoms with van der Waals surface area (Å²) >= 11 is 6.09. The molecule has 1 aromatic heterocycles. The first kappa shape index (κ1) is 15.3. The van der Waals surface area contributed by atoms with Gasteiger partial charge in [-0.2, -0.15) is 5.10 Å². The van der Waals surface area contributed by atoms with Gasteiger partial charge in [0.05, 0.1) is 5.69 Å². The van der Waals surface area contributed by atoms with E-state index in [2.05, 4.69) is 9.82 Å². The van der Waals surface area contributed by atoms with Crippen LogP contribution in [0.25, 0.3) is 0 Å². The minimum absolute atomic E-state index is 0.0547. The van der Waals surface area contributed by atoms with E-state index in [0.717, 1.165) is 12.3 Å². The Morgan fingerprint density at radius 3 is 2.57 bits per heavy atom. The lowest BCUT2D eigenvalue weighted by molar-refractivity contribution is 0.280. The maximum absolute atomic E-state index is 12.6. The number of hydrogen-bond acceptors (Lipinski definition) is 3. The molecular weight excluding hydrogens is 310 g/mol. The zero-order valence-corrected chi connectivity index (χ0v) is 14.2. The molecule has 2 aliphatic carbocycles. The molecule has 2 bridgehead atoms. The van der Waals surface area contributed by atoms with Gasteiger partial charge in [-0.25, -0.2) is 13.1 Å². The van der Waals surface area contributed by atoms with Gasteiger partial charge in [0, 0.05) is 13.1 Å². The third kappa shape index (κ3) is 2.62. The largest absolute Gasteiger partial charge is 0.255 e. The molecule has 2 aliphatic rings. The van der Waals surface area contributed by atoms with E-state index >= 15 is 0 Å². The number of nitrogens with zero attached hydrogens (tertiary/aromatic N) is 2. The van der Waals surface area contributed by atoms with Gasteiger partial charge in [-0.05, 0) is 50.9 Å². The smallest absolute Gasteiger partial charge is 0.245 e. The molecule has 2 saturated carbocycles. The number of nitrogens with one attached hydrogen (secondary N) is 1. The normalized spacial score (nSPS) is 30.0. The molecule has 0 spiro atoms. The summed E-state index contributed by atoms with van der Waals surface area (Å²) in [6, 6.07) is -0.0547. The van der Waals surface area contributed by atoms with Crippen LogP contribution in [0.5, 0.6) is 0 Å². The summed E-state index contributed by atoms with van der Waals surface area (Å²) in [6.45, 7) is 3.64. The molecule has 0 saturated heterocycles. The van der Waals surface area contributed by atoms with Crippen LogP contribution in [0.3, 0.4) is 0 Å². The second-order valence-electron chi connectivity index (χ2n) is 6.58. The van der Waals surface area contributed by atoms with Crippen molar-refractivity contribution in [3.05, 3.63) is 10.8 Å². The van der Waals surface area contributed by atoms with E-state index in [9.17, 15) is 8.42 Å². The Morgan fingerprint density at radius 2 is 2.10 bits per heavy atom. The lowest BCUT2D eigenvalue weighted by Gasteiger charge is -2.28. The molecule has 0 unspecified atom stereocenters. The topological polar surface area (TPSA) is 64.0 Å². The fraction of sp³-hybridized carbons (Fsp3) is 0.786. The van der Waals surface area contributed by atoms with Crippen LogP contribution in [0.2, 0.25) is 5.15 Å². The van der Waals surface area contributed by atoms with Crippen molar-refractivity contribution in [1.82, 2.24) is 14.5 Å². The van der Waals surface area contributed by atoms with Gasteiger partial charge >= 0.3 is 0 Å². The average molecular weight is 332 g/mol. The van der Waals surface area contributed by atoms with Crippen molar-refractivity contribution in [3.63, 3.8) is 0 Å². The standard InChI is InChI=1S/C14H22ClN3O2S/c1-8(12-7-10-4-5-11(12)6-10)17-21(19,20)13-9(2)16-18(3)14(13)15/h8,10-12,17H,4-7H2,1-3H3/t8-,10-,11-,12-/m0/s1. The second kappa shape index (κ2) is 5.25. The van der Waals surface area contributed by atoms with Crippen LogP contribution in [-0.4, -0.2) is 24.2 Å². The van der Waals surface area contributed by atoms with Crippen molar-refractivity contribution < 1.29 is 8.42 Å². The van der Waals surface area contributed by atoms with E-state index in [0.29, 0.717) is 17.5 Å². The van der Waals surface area contributed by atoms with Gasteiger partial charge in [-0.1, -0.05) is 18.0 Å². The molecule has 0 radical (unpaired) electrons. The fourth-order valence-corrected chi connectivity index (χ4v) is 6.26. The molecule has 1 N–H and O–H groups in total. The minimum Gasteiger partial charge on any atom is -0.255 e. The maximum Gasteiger partial charge on any atom is 0.245 e. The molecule has 0 amide bonds. The first-order valence-electron chi connectivity index (χ1n) is 7.51. The summed E-state index contributed by atoms with van der Waals surface area (Å²) in [5, 5.41) is 4.25. The number of hydrogen-bond donors (Lipinski definition) is 1. The van der Waals surface area contributed by atoms with Crippen LogP contribution in [0.15, 0.2) is 4.90 Å². The number of aryl methyl sites for hydroxylation is 2. The molecule has 4 atom stereocenters. The second-order valence-corrected chi connectivity index (χ2v) is 8.59. The summed E-state index contributed by atoms with van der Waals surface area (Å²) in [6.07, 6.45) is 4.97. The molecule has 1 heterocycles. The van der Waals surface area contributed by atoms with Gasteiger partial charge in [0.1, 0.15) is 10.0 Å². The monoisotopic (exact) mass is 331 g/mol. The van der Waals surface area contributed by atoms with Gasteiger partial charge < -0.3 is 0 Å². The highest BCUT2D eigenvalue weighted by Gasteiger charge is 2.43. The lowest BCUT2D eigenvalue weighted by Crippen LogP contribution is -2.40. The van der Waals surface area contributed by atoms with E-state index in [-0.39, 0.29) is 16.1 Å². The molecule has 7 heteroatoms. The van der Waals surface area contributed by atoms with E-state index in [1.807, 2.05) is 6.92 Å². The van der Waals surface area contributed by atoms with Crippen molar-refractivity contribution in [3.8, 4) is 0 Å². The Morgan fingerprint density at radius 1 is 1.38 bits per heavy atom. The molecule has 118 valence electrons. The number of sulfonamides is 1. The van der Waals surface area contributed by atoms with Gasteiger partial charge in [0.25, 0.3) is 0 Å². The first-order valence-corrected chi connectivity index (χ1v) is 9.37. The zero-order chi connectivity index (χ0) is 15.4. The van der Waals surface area contributed by atoms with Crippen LogP contribution in [0.4, 0.5) is 0 Å². The van der Waals surface area contributed by atoms with Gasteiger partial charge in [-0.15, -0.1) is 0 Å². The highest BCUT2D eigenvalue weighted by atomic mass is 35.5. The third-order valence-electron chi connectivity index (χ3n) is 5.14. The average Bonchev–Trinajstić information content (AvgIpc) is 3.04. The van der Waals surface area contributed by atoms with Crippen LogP contribution in [0, 0.1) is 24.7 Å². The van der Waals surface area contributed by atoms with Gasteiger partial charge in [-0.3, -0.25) is 4.68 Å². The van der Waals surface area contributed by atoms with E-state index < -0.39 is 10.0 Å². The first-order chi connectivity index (χ1) is 9.79. The molecular formula is C14H22ClN3O2S. The predicted octanol–water partition coefficient (Wildman–Crippen LogP) is 2.48. The Bertz CT molecular complexity index is 655. The molecule has 2 fully saturated rings.